The summed E-state index contributed by atoms with van der Waals surface area (Å²) in [6, 6.07) is 21.4. The van der Waals surface area contributed by atoms with Crippen molar-refractivity contribution < 1.29 is 9.72 Å². The largest absolute Gasteiger partial charge is 0.342 e. The van der Waals surface area contributed by atoms with Gasteiger partial charge in [-0.15, -0.1) is 0 Å². The summed E-state index contributed by atoms with van der Waals surface area (Å²) in [6.07, 6.45) is 3.54. The number of hydrogen-bond acceptors (Lipinski definition) is 4. The Balaban J connectivity index is 1.50. The minimum absolute atomic E-state index is 0.0639. The Hall–Kier alpha value is -4.46. The van der Waals surface area contributed by atoms with E-state index in [0.29, 0.717) is 6.54 Å². The summed E-state index contributed by atoms with van der Waals surface area (Å²) in [5.41, 5.74) is 7.02. The van der Waals surface area contributed by atoms with Crippen LogP contribution >= 0.6 is 0 Å². The van der Waals surface area contributed by atoms with Crippen LogP contribution in [0.3, 0.4) is 0 Å². The Morgan fingerprint density at radius 2 is 1.78 bits per heavy atom. The summed E-state index contributed by atoms with van der Waals surface area (Å²) in [4.78, 5) is 22.6. The lowest BCUT2D eigenvalue weighted by atomic mass is 10.2. The van der Waals surface area contributed by atoms with Crippen molar-refractivity contribution in [1.29, 1.82) is 0 Å². The number of carbonyl (C=O) groups excluding carboxylic acids is 1. The lowest BCUT2D eigenvalue weighted by Crippen LogP contribution is -2.24. The van der Waals surface area contributed by atoms with Crippen molar-refractivity contribution in [2.24, 2.45) is 5.10 Å². The molecule has 1 aromatic heterocycles. The van der Waals surface area contributed by atoms with Crippen LogP contribution in [0.15, 0.2) is 84.1 Å². The van der Waals surface area contributed by atoms with E-state index in [4.69, 9.17) is 0 Å². The zero-order valence-electron chi connectivity index (χ0n) is 17.4. The number of rotatable bonds is 6. The monoisotopic (exact) mass is 427 g/mol. The Morgan fingerprint density at radius 1 is 1.06 bits per heavy atom. The molecular weight excluding hydrogens is 406 g/mol. The third-order valence-electron chi connectivity index (χ3n) is 5.08. The summed E-state index contributed by atoms with van der Waals surface area (Å²) in [7, 11) is 0. The highest BCUT2D eigenvalue weighted by Gasteiger charge is 2.09. The van der Waals surface area contributed by atoms with E-state index in [9.17, 15) is 14.9 Å². The highest BCUT2D eigenvalue weighted by atomic mass is 16.6. The van der Waals surface area contributed by atoms with Crippen molar-refractivity contribution in [3.05, 3.63) is 106 Å². The van der Waals surface area contributed by atoms with E-state index >= 15 is 0 Å². The maximum absolute atomic E-state index is 12.2. The van der Waals surface area contributed by atoms with E-state index in [2.05, 4.69) is 15.8 Å². The first kappa shape index (κ1) is 20.8. The van der Waals surface area contributed by atoms with Crippen molar-refractivity contribution in [2.45, 2.75) is 13.5 Å². The zero-order chi connectivity index (χ0) is 22.5. The maximum Gasteiger partial charge on any atom is 0.339 e. The first-order chi connectivity index (χ1) is 15.5. The van der Waals surface area contributed by atoms with Crippen molar-refractivity contribution in [3.63, 3.8) is 0 Å². The number of nitro groups is 1. The van der Waals surface area contributed by atoms with E-state index in [1.807, 2.05) is 66.2 Å². The summed E-state index contributed by atoms with van der Waals surface area (Å²) in [5.74, 6) is 0. The van der Waals surface area contributed by atoms with Crippen molar-refractivity contribution in [3.8, 4) is 0 Å². The van der Waals surface area contributed by atoms with Crippen LogP contribution in [0, 0.1) is 17.0 Å². The van der Waals surface area contributed by atoms with Gasteiger partial charge in [0.1, 0.15) is 0 Å². The molecule has 0 bridgehead atoms. The third-order valence-corrected chi connectivity index (χ3v) is 5.08. The van der Waals surface area contributed by atoms with Crippen LogP contribution in [-0.2, 0) is 6.54 Å². The average Bonchev–Trinajstić information content (AvgIpc) is 3.13. The van der Waals surface area contributed by atoms with Crippen LogP contribution < -0.4 is 10.7 Å². The molecule has 2 amide bonds. The molecule has 4 aromatic rings. The van der Waals surface area contributed by atoms with E-state index in [1.54, 1.807) is 18.3 Å². The Bertz CT molecular complexity index is 1310. The van der Waals surface area contributed by atoms with Gasteiger partial charge in [0, 0.05) is 47.0 Å². The van der Waals surface area contributed by atoms with Gasteiger partial charge in [0.25, 0.3) is 5.69 Å². The van der Waals surface area contributed by atoms with Crippen molar-refractivity contribution in [2.75, 3.05) is 5.32 Å². The Morgan fingerprint density at radius 3 is 2.53 bits per heavy atom. The normalized spacial score (nSPS) is 11.0. The van der Waals surface area contributed by atoms with Gasteiger partial charge in [-0.3, -0.25) is 10.1 Å². The number of non-ortho nitro benzene ring substituents is 1. The number of carbonyl (C=O) groups is 1. The van der Waals surface area contributed by atoms with Gasteiger partial charge in [0.05, 0.1) is 11.1 Å². The van der Waals surface area contributed by atoms with Crippen LogP contribution in [0.5, 0.6) is 0 Å². The second-order valence-electron chi connectivity index (χ2n) is 7.29. The van der Waals surface area contributed by atoms with Crippen LogP contribution in [0.1, 0.15) is 16.7 Å². The highest BCUT2D eigenvalue weighted by Crippen LogP contribution is 2.22. The van der Waals surface area contributed by atoms with Gasteiger partial charge < -0.3 is 9.88 Å². The lowest BCUT2D eigenvalue weighted by Gasteiger charge is -2.06. The molecule has 0 spiro atoms. The molecule has 3 aromatic carbocycles. The van der Waals surface area contributed by atoms with E-state index in [0.717, 1.165) is 33.3 Å². The topological polar surface area (TPSA) is 102 Å². The fourth-order valence-electron chi connectivity index (χ4n) is 3.45. The minimum Gasteiger partial charge on any atom is -0.342 e. The number of urea groups is 1. The predicted molar refractivity (Wildman–Crippen MR) is 125 cm³/mol. The number of benzene rings is 3. The van der Waals surface area contributed by atoms with Gasteiger partial charge in [-0.2, -0.15) is 5.10 Å². The van der Waals surface area contributed by atoms with Gasteiger partial charge in [-0.1, -0.05) is 48.5 Å². The molecule has 8 heteroatoms. The highest BCUT2D eigenvalue weighted by molar-refractivity contribution is 6.00. The van der Waals surface area contributed by atoms with E-state index < -0.39 is 11.0 Å². The molecular formula is C24H21N5O3. The fourth-order valence-corrected chi connectivity index (χ4v) is 3.45. The first-order valence-corrected chi connectivity index (χ1v) is 9.98. The molecule has 32 heavy (non-hydrogen) atoms. The van der Waals surface area contributed by atoms with Gasteiger partial charge in [-0.25, -0.2) is 10.2 Å². The lowest BCUT2D eigenvalue weighted by molar-refractivity contribution is -0.384. The van der Waals surface area contributed by atoms with Gasteiger partial charge in [0.15, 0.2) is 0 Å². The van der Waals surface area contributed by atoms with Crippen LogP contribution in [0.25, 0.3) is 10.9 Å². The first-order valence-electron chi connectivity index (χ1n) is 9.98. The fraction of sp³-hybridized carbons (Fsp3) is 0.0833. The number of fused-ring (bicyclic) bond motifs is 1. The summed E-state index contributed by atoms with van der Waals surface area (Å²) < 4.78 is 2.05. The zero-order valence-corrected chi connectivity index (χ0v) is 17.4. The van der Waals surface area contributed by atoms with Crippen LogP contribution in [0.2, 0.25) is 0 Å². The van der Waals surface area contributed by atoms with Gasteiger partial charge in [0.2, 0.25) is 0 Å². The number of nitro benzene ring substituents is 1. The second-order valence-corrected chi connectivity index (χ2v) is 7.29. The summed E-state index contributed by atoms with van der Waals surface area (Å²) >= 11 is 0. The second kappa shape index (κ2) is 9.13. The van der Waals surface area contributed by atoms with Crippen molar-refractivity contribution in [1.82, 2.24) is 9.99 Å². The minimum atomic E-state index is -0.426. The molecule has 0 saturated carbocycles. The quantitative estimate of drug-likeness (QED) is 0.255. The molecule has 0 atom stereocenters. The molecule has 0 saturated heterocycles. The number of hydrogen-bond donors (Lipinski definition) is 2. The molecule has 0 fully saturated rings. The summed E-state index contributed by atoms with van der Waals surface area (Å²) in [5, 5.41) is 18.7. The molecule has 8 nitrogen and oxygen atoms in total. The molecule has 160 valence electrons. The number of anilines is 1. The molecule has 2 N–H and O–H groups in total. The van der Waals surface area contributed by atoms with Crippen LogP contribution in [-0.4, -0.2) is 21.7 Å². The van der Waals surface area contributed by atoms with Gasteiger partial charge in [-0.05, 0) is 30.2 Å². The number of amides is 2. The molecule has 0 radical (unpaired) electrons. The standard InChI is InChI=1S/C24H21N5O3/c1-17-6-2-4-8-22(17)26-24(30)27-25-14-19-16-28(23-9-5-3-7-21(19)23)15-18-10-12-20(13-11-18)29(31)32/h2-14,16H,15H2,1H3,(H2,26,27,30). The number of nitrogens with one attached hydrogen (secondary N) is 2. The number of nitrogens with zero attached hydrogens (tertiary/aromatic N) is 3. The molecule has 0 unspecified atom stereocenters. The Labute approximate surface area is 184 Å². The number of aryl methyl sites for hydroxylation is 1. The molecule has 1 heterocycles. The predicted octanol–water partition coefficient (Wildman–Crippen LogP) is 5.06. The van der Waals surface area contributed by atoms with Crippen molar-refractivity contribution >= 4 is 34.5 Å². The van der Waals surface area contributed by atoms with E-state index in [1.165, 1.54) is 12.1 Å². The van der Waals surface area contributed by atoms with Crippen LogP contribution in [0.4, 0.5) is 16.2 Å². The molecule has 0 aliphatic carbocycles. The SMILES string of the molecule is Cc1ccccc1NC(=O)NN=Cc1cn(Cc2ccc([N+](=O)[O-])cc2)c2ccccc12. The molecule has 0 aliphatic rings. The number of aromatic nitrogens is 1. The summed E-state index contributed by atoms with van der Waals surface area (Å²) in [6.45, 7) is 2.46. The Kier molecular flexibility index (Phi) is 5.94. The number of hydrazone groups is 1. The maximum atomic E-state index is 12.2. The smallest absolute Gasteiger partial charge is 0.339 e. The van der Waals surface area contributed by atoms with Gasteiger partial charge >= 0.3 is 6.03 Å². The molecule has 4 rings (SSSR count). The molecule has 0 aliphatic heterocycles. The average molecular weight is 427 g/mol. The third kappa shape index (κ3) is 4.65. The van der Waals surface area contributed by atoms with E-state index in [-0.39, 0.29) is 5.69 Å². The number of para-hydroxylation sites is 2.